The molecule has 1 N–H and O–H groups in total. The van der Waals surface area contributed by atoms with E-state index in [0.717, 1.165) is 28.7 Å². The van der Waals surface area contributed by atoms with Crippen LogP contribution >= 0.6 is 23.2 Å². The monoisotopic (exact) mass is 314 g/mol. The van der Waals surface area contributed by atoms with Crippen molar-refractivity contribution in [3.63, 3.8) is 0 Å². The van der Waals surface area contributed by atoms with Crippen LogP contribution in [0, 0.1) is 5.92 Å². The molecule has 1 aromatic carbocycles. The van der Waals surface area contributed by atoms with Gasteiger partial charge in [0.1, 0.15) is 0 Å². The Morgan fingerprint density at radius 2 is 1.95 bits per heavy atom. The van der Waals surface area contributed by atoms with Gasteiger partial charge in [0, 0.05) is 27.7 Å². The number of hydrogen-bond donors (Lipinski definition) is 1. The summed E-state index contributed by atoms with van der Waals surface area (Å²) in [6, 6.07) is 6.62. The molecule has 0 aromatic heterocycles. The van der Waals surface area contributed by atoms with E-state index in [1.54, 1.807) is 0 Å². The second kappa shape index (κ2) is 7.13. The van der Waals surface area contributed by atoms with E-state index in [0.29, 0.717) is 18.0 Å². The highest BCUT2D eigenvalue weighted by atomic mass is 35.5. The SMILES string of the molecule is CNCC1CCCN(C(C)C)C1c1c(Cl)cccc1Cl. The number of hydrogen-bond acceptors (Lipinski definition) is 2. The first-order valence-corrected chi connectivity index (χ1v) is 8.16. The normalized spacial score (nSPS) is 24.3. The van der Waals surface area contributed by atoms with Crippen molar-refractivity contribution in [3.8, 4) is 0 Å². The molecule has 1 aromatic rings. The van der Waals surface area contributed by atoms with Crippen LogP contribution in [0.4, 0.5) is 0 Å². The van der Waals surface area contributed by atoms with E-state index < -0.39 is 0 Å². The Hall–Kier alpha value is -0.280. The largest absolute Gasteiger partial charge is 0.319 e. The third-order valence-corrected chi connectivity index (χ3v) is 4.88. The summed E-state index contributed by atoms with van der Waals surface area (Å²) in [5, 5.41) is 4.90. The predicted octanol–water partition coefficient (Wildman–Crippen LogP) is 4.37. The maximum absolute atomic E-state index is 6.47. The van der Waals surface area contributed by atoms with Gasteiger partial charge in [-0.1, -0.05) is 29.3 Å². The van der Waals surface area contributed by atoms with E-state index in [4.69, 9.17) is 23.2 Å². The van der Waals surface area contributed by atoms with Crippen molar-refractivity contribution in [2.75, 3.05) is 20.1 Å². The quantitative estimate of drug-likeness (QED) is 0.887. The molecule has 4 heteroatoms. The summed E-state index contributed by atoms with van der Waals surface area (Å²) in [7, 11) is 2.01. The number of halogens is 2. The Morgan fingerprint density at radius 1 is 1.30 bits per heavy atom. The molecular formula is C16H24Cl2N2. The fourth-order valence-electron chi connectivity index (χ4n) is 3.35. The van der Waals surface area contributed by atoms with Gasteiger partial charge < -0.3 is 5.32 Å². The minimum atomic E-state index is 0.303. The molecule has 0 bridgehead atoms. The Bertz CT molecular complexity index is 426. The van der Waals surface area contributed by atoms with Crippen LogP contribution in [0.2, 0.25) is 10.0 Å². The van der Waals surface area contributed by atoms with E-state index in [1.807, 2.05) is 25.2 Å². The Labute approximate surface area is 132 Å². The van der Waals surface area contributed by atoms with Crippen LogP contribution in [-0.4, -0.2) is 31.1 Å². The minimum absolute atomic E-state index is 0.303. The number of likely N-dealkylation sites (tertiary alicyclic amines) is 1. The number of benzene rings is 1. The van der Waals surface area contributed by atoms with Crippen LogP contribution in [0.15, 0.2) is 18.2 Å². The Kier molecular flexibility index (Phi) is 5.74. The molecule has 2 rings (SSSR count). The van der Waals surface area contributed by atoms with E-state index >= 15 is 0 Å². The summed E-state index contributed by atoms with van der Waals surface area (Å²) in [5.41, 5.74) is 1.10. The van der Waals surface area contributed by atoms with Gasteiger partial charge >= 0.3 is 0 Å². The fraction of sp³-hybridized carbons (Fsp3) is 0.625. The van der Waals surface area contributed by atoms with Crippen LogP contribution in [0.3, 0.4) is 0 Å². The van der Waals surface area contributed by atoms with E-state index in [1.165, 1.54) is 12.8 Å². The zero-order valence-corrected chi connectivity index (χ0v) is 14.0. The summed E-state index contributed by atoms with van der Waals surface area (Å²) in [6.07, 6.45) is 2.46. The first-order valence-electron chi connectivity index (χ1n) is 7.40. The molecular weight excluding hydrogens is 291 g/mol. The van der Waals surface area contributed by atoms with Crippen LogP contribution < -0.4 is 5.32 Å². The lowest BCUT2D eigenvalue weighted by Gasteiger charge is -2.44. The van der Waals surface area contributed by atoms with Gasteiger partial charge in [-0.15, -0.1) is 0 Å². The van der Waals surface area contributed by atoms with E-state index in [9.17, 15) is 0 Å². The molecule has 2 atom stereocenters. The molecule has 1 saturated heterocycles. The summed E-state index contributed by atoms with van der Waals surface area (Å²) in [5.74, 6) is 0.550. The van der Waals surface area contributed by atoms with Crippen molar-refractivity contribution in [1.82, 2.24) is 10.2 Å². The van der Waals surface area contributed by atoms with Gasteiger partial charge in [0.15, 0.2) is 0 Å². The fourth-order valence-corrected chi connectivity index (χ4v) is 3.97. The molecule has 1 aliphatic rings. The first kappa shape index (κ1) is 16.1. The standard InChI is InChI=1S/C16H24Cl2N2/c1-11(2)20-9-5-6-12(10-19-3)16(20)15-13(17)7-4-8-14(15)18/h4,7-8,11-12,16,19H,5-6,9-10H2,1-3H3. The average molecular weight is 315 g/mol. The highest BCUT2D eigenvalue weighted by molar-refractivity contribution is 6.36. The lowest BCUT2D eigenvalue weighted by molar-refractivity contribution is 0.0637. The molecule has 0 saturated carbocycles. The van der Waals surface area contributed by atoms with Gasteiger partial charge in [-0.05, 0) is 64.9 Å². The van der Waals surface area contributed by atoms with Gasteiger partial charge in [-0.3, -0.25) is 4.90 Å². The maximum atomic E-state index is 6.47. The molecule has 0 radical (unpaired) electrons. The number of nitrogens with one attached hydrogen (secondary N) is 1. The van der Waals surface area contributed by atoms with Gasteiger partial charge in [0.25, 0.3) is 0 Å². The smallest absolute Gasteiger partial charge is 0.0468 e. The Balaban J connectivity index is 2.43. The van der Waals surface area contributed by atoms with Gasteiger partial charge in [0.2, 0.25) is 0 Å². The molecule has 0 aliphatic carbocycles. The molecule has 1 fully saturated rings. The van der Waals surface area contributed by atoms with Crippen molar-refractivity contribution in [3.05, 3.63) is 33.8 Å². The zero-order chi connectivity index (χ0) is 14.7. The molecule has 1 heterocycles. The van der Waals surface area contributed by atoms with Crippen molar-refractivity contribution < 1.29 is 0 Å². The van der Waals surface area contributed by atoms with Crippen LogP contribution in [0.1, 0.15) is 38.3 Å². The number of nitrogens with zero attached hydrogens (tertiary/aromatic N) is 1. The zero-order valence-electron chi connectivity index (χ0n) is 12.5. The van der Waals surface area contributed by atoms with Crippen LogP contribution in [0.5, 0.6) is 0 Å². The predicted molar refractivity (Wildman–Crippen MR) is 87.7 cm³/mol. The lowest BCUT2D eigenvalue weighted by atomic mass is 9.83. The Morgan fingerprint density at radius 3 is 2.50 bits per heavy atom. The van der Waals surface area contributed by atoms with E-state index in [-0.39, 0.29) is 0 Å². The van der Waals surface area contributed by atoms with Gasteiger partial charge in [0.05, 0.1) is 0 Å². The molecule has 0 amide bonds. The number of rotatable bonds is 4. The molecule has 0 spiro atoms. The summed E-state index contributed by atoms with van der Waals surface area (Å²) in [4.78, 5) is 2.54. The molecule has 112 valence electrons. The lowest BCUT2D eigenvalue weighted by Crippen LogP contribution is -2.45. The van der Waals surface area contributed by atoms with Crippen LogP contribution in [0.25, 0.3) is 0 Å². The molecule has 1 aliphatic heterocycles. The second-order valence-corrected chi connectivity index (χ2v) is 6.69. The highest BCUT2D eigenvalue weighted by Crippen LogP contribution is 2.42. The molecule has 2 unspecified atom stereocenters. The summed E-state index contributed by atoms with van der Waals surface area (Å²) in [6.45, 7) is 6.61. The van der Waals surface area contributed by atoms with Crippen molar-refractivity contribution in [2.24, 2.45) is 5.92 Å². The summed E-state index contributed by atoms with van der Waals surface area (Å²) < 4.78 is 0. The maximum Gasteiger partial charge on any atom is 0.0468 e. The van der Waals surface area contributed by atoms with Crippen LogP contribution in [-0.2, 0) is 0 Å². The highest BCUT2D eigenvalue weighted by Gasteiger charge is 2.35. The second-order valence-electron chi connectivity index (χ2n) is 5.87. The minimum Gasteiger partial charge on any atom is -0.319 e. The molecule has 20 heavy (non-hydrogen) atoms. The van der Waals surface area contributed by atoms with Gasteiger partial charge in [-0.25, -0.2) is 0 Å². The topological polar surface area (TPSA) is 15.3 Å². The van der Waals surface area contributed by atoms with Gasteiger partial charge in [-0.2, -0.15) is 0 Å². The van der Waals surface area contributed by atoms with Crippen molar-refractivity contribution >= 4 is 23.2 Å². The first-order chi connectivity index (χ1) is 9.56. The van der Waals surface area contributed by atoms with E-state index in [2.05, 4.69) is 24.1 Å². The number of piperidine rings is 1. The van der Waals surface area contributed by atoms with Crippen molar-refractivity contribution in [1.29, 1.82) is 0 Å². The third-order valence-electron chi connectivity index (χ3n) is 4.22. The molecule has 2 nitrogen and oxygen atoms in total. The average Bonchev–Trinajstić information content (AvgIpc) is 2.40. The van der Waals surface area contributed by atoms with Crippen molar-refractivity contribution in [2.45, 2.75) is 38.8 Å². The summed E-state index contributed by atoms with van der Waals surface area (Å²) >= 11 is 12.9. The third kappa shape index (κ3) is 3.30.